The van der Waals surface area contributed by atoms with E-state index in [9.17, 15) is 10.1 Å². The smallest absolute Gasteiger partial charge is 0.269 e. The van der Waals surface area contributed by atoms with Crippen molar-refractivity contribution in [2.75, 3.05) is 28.4 Å². The predicted octanol–water partition coefficient (Wildman–Crippen LogP) is 3.10. The zero-order valence-corrected chi connectivity index (χ0v) is 19.1. The molecule has 0 spiro atoms. The molecule has 0 fully saturated rings. The van der Waals surface area contributed by atoms with Gasteiger partial charge in [-0.05, 0) is 23.3 Å². The fraction of sp³-hybridized carbons (Fsp3) is 0.316. The van der Waals surface area contributed by atoms with E-state index in [-0.39, 0.29) is 29.7 Å². The van der Waals surface area contributed by atoms with Gasteiger partial charge in [0, 0.05) is 32.3 Å². The molecule has 0 aliphatic heterocycles. The third-order valence-electron chi connectivity index (χ3n) is 3.99. The molecule has 0 amide bonds. The van der Waals surface area contributed by atoms with Crippen molar-refractivity contribution in [3.63, 3.8) is 0 Å². The summed E-state index contributed by atoms with van der Waals surface area (Å²) in [5.74, 6) is 2.22. The minimum absolute atomic E-state index is 0. The average Bonchev–Trinajstić information content (AvgIpc) is 2.73. The number of methoxy groups -OCH3 is 3. The van der Waals surface area contributed by atoms with Gasteiger partial charge in [0.2, 0.25) is 5.75 Å². The van der Waals surface area contributed by atoms with Gasteiger partial charge in [0.1, 0.15) is 0 Å². The van der Waals surface area contributed by atoms with Gasteiger partial charge in [0.25, 0.3) is 5.69 Å². The SMILES string of the molecule is CN=C(NCc1cccc([N+](=O)[O-])c1)NCc1cc(OC)c(OC)c(OC)c1.I. The highest BCUT2D eigenvalue weighted by atomic mass is 127. The van der Waals surface area contributed by atoms with Crippen molar-refractivity contribution in [2.24, 2.45) is 4.99 Å². The summed E-state index contributed by atoms with van der Waals surface area (Å²) in [5, 5.41) is 17.2. The van der Waals surface area contributed by atoms with Crippen molar-refractivity contribution in [3.8, 4) is 17.2 Å². The monoisotopic (exact) mass is 516 g/mol. The quantitative estimate of drug-likeness (QED) is 0.183. The molecule has 0 atom stereocenters. The van der Waals surface area contributed by atoms with Crippen LogP contribution in [0.3, 0.4) is 0 Å². The van der Waals surface area contributed by atoms with E-state index in [0.717, 1.165) is 11.1 Å². The minimum atomic E-state index is -0.416. The topological polar surface area (TPSA) is 107 Å². The van der Waals surface area contributed by atoms with E-state index in [1.165, 1.54) is 12.1 Å². The molecule has 10 heteroatoms. The van der Waals surface area contributed by atoms with Crippen LogP contribution in [0, 0.1) is 10.1 Å². The van der Waals surface area contributed by atoms with Crippen LogP contribution in [-0.4, -0.2) is 39.3 Å². The Hall–Kier alpha value is -2.76. The van der Waals surface area contributed by atoms with Gasteiger partial charge in [-0.25, -0.2) is 0 Å². The molecule has 0 aliphatic carbocycles. The summed E-state index contributed by atoms with van der Waals surface area (Å²) < 4.78 is 16.0. The summed E-state index contributed by atoms with van der Waals surface area (Å²) in [6, 6.07) is 10.2. The van der Waals surface area contributed by atoms with E-state index in [1.54, 1.807) is 34.4 Å². The molecule has 0 bridgehead atoms. The zero-order valence-electron chi connectivity index (χ0n) is 16.7. The molecule has 0 saturated carbocycles. The van der Waals surface area contributed by atoms with Gasteiger partial charge in [-0.1, -0.05) is 12.1 Å². The lowest BCUT2D eigenvalue weighted by atomic mass is 10.1. The third kappa shape index (κ3) is 6.66. The number of rotatable bonds is 8. The molecule has 2 N–H and O–H groups in total. The normalized spacial score (nSPS) is 10.6. The summed E-state index contributed by atoms with van der Waals surface area (Å²) in [6.45, 7) is 0.863. The van der Waals surface area contributed by atoms with Crippen molar-refractivity contribution in [2.45, 2.75) is 13.1 Å². The molecular formula is C19H25IN4O5. The molecule has 2 rings (SSSR count). The highest BCUT2D eigenvalue weighted by Crippen LogP contribution is 2.38. The van der Waals surface area contributed by atoms with Crippen molar-refractivity contribution in [1.82, 2.24) is 10.6 Å². The van der Waals surface area contributed by atoms with E-state index < -0.39 is 4.92 Å². The van der Waals surface area contributed by atoms with Gasteiger partial charge in [0.15, 0.2) is 17.5 Å². The summed E-state index contributed by atoms with van der Waals surface area (Å²) in [4.78, 5) is 14.6. The molecular weight excluding hydrogens is 491 g/mol. The van der Waals surface area contributed by atoms with Crippen molar-refractivity contribution < 1.29 is 19.1 Å². The Morgan fingerprint density at radius 3 is 2.07 bits per heavy atom. The number of halogens is 1. The Kier molecular flexibility index (Phi) is 10.00. The number of nitro groups is 1. The Morgan fingerprint density at radius 1 is 1.00 bits per heavy atom. The van der Waals surface area contributed by atoms with Crippen LogP contribution in [0.1, 0.15) is 11.1 Å². The Balaban J connectivity index is 0.00000420. The third-order valence-corrected chi connectivity index (χ3v) is 3.99. The maximum atomic E-state index is 10.9. The summed E-state index contributed by atoms with van der Waals surface area (Å²) in [7, 11) is 6.33. The number of nitrogens with zero attached hydrogens (tertiary/aromatic N) is 2. The second-order valence-electron chi connectivity index (χ2n) is 5.74. The second-order valence-corrected chi connectivity index (χ2v) is 5.74. The number of hydrogen-bond acceptors (Lipinski definition) is 6. The van der Waals surface area contributed by atoms with E-state index >= 15 is 0 Å². The van der Waals surface area contributed by atoms with Gasteiger partial charge in [0.05, 0.1) is 26.3 Å². The molecule has 2 aromatic carbocycles. The van der Waals surface area contributed by atoms with Gasteiger partial charge in [-0.2, -0.15) is 0 Å². The first kappa shape index (κ1) is 24.3. The molecule has 2 aromatic rings. The fourth-order valence-electron chi connectivity index (χ4n) is 2.61. The first-order chi connectivity index (χ1) is 13.5. The zero-order chi connectivity index (χ0) is 20.5. The van der Waals surface area contributed by atoms with Crippen LogP contribution in [0.5, 0.6) is 17.2 Å². The number of aliphatic imine (C=N–C) groups is 1. The second kappa shape index (κ2) is 11.9. The van der Waals surface area contributed by atoms with Crippen LogP contribution in [0.25, 0.3) is 0 Å². The summed E-state index contributed by atoms with van der Waals surface area (Å²) >= 11 is 0. The largest absolute Gasteiger partial charge is 0.493 e. The molecule has 0 aliphatic rings. The standard InChI is InChI=1S/C19H24N4O5.HI/c1-20-19(21-11-13-6-5-7-15(8-13)23(24)25)22-12-14-9-16(26-2)18(28-4)17(10-14)27-3;/h5-10H,11-12H2,1-4H3,(H2,20,21,22);1H. The summed E-state index contributed by atoms with van der Waals surface area (Å²) in [5.41, 5.74) is 1.75. The first-order valence-corrected chi connectivity index (χ1v) is 8.49. The molecule has 0 unspecified atom stereocenters. The molecule has 29 heavy (non-hydrogen) atoms. The van der Waals surface area contributed by atoms with Crippen LogP contribution < -0.4 is 24.8 Å². The van der Waals surface area contributed by atoms with Gasteiger partial charge in [-0.3, -0.25) is 15.1 Å². The van der Waals surface area contributed by atoms with Crippen LogP contribution in [-0.2, 0) is 13.1 Å². The number of ether oxygens (including phenoxy) is 3. The first-order valence-electron chi connectivity index (χ1n) is 8.49. The Bertz CT molecular complexity index is 835. The number of nitro benzene ring substituents is 1. The minimum Gasteiger partial charge on any atom is -0.493 e. The highest BCUT2D eigenvalue weighted by molar-refractivity contribution is 14.0. The van der Waals surface area contributed by atoms with E-state index in [0.29, 0.717) is 36.3 Å². The number of guanidine groups is 1. The Labute approximate surface area is 186 Å². The summed E-state index contributed by atoms with van der Waals surface area (Å²) in [6.07, 6.45) is 0. The lowest BCUT2D eigenvalue weighted by molar-refractivity contribution is -0.384. The van der Waals surface area contributed by atoms with Crippen molar-refractivity contribution >= 4 is 35.6 Å². The van der Waals surface area contributed by atoms with Crippen LogP contribution in [0.2, 0.25) is 0 Å². The van der Waals surface area contributed by atoms with Crippen molar-refractivity contribution in [3.05, 3.63) is 57.6 Å². The Morgan fingerprint density at radius 2 is 1.59 bits per heavy atom. The van der Waals surface area contributed by atoms with Crippen LogP contribution >= 0.6 is 24.0 Å². The molecule has 9 nitrogen and oxygen atoms in total. The molecule has 0 saturated heterocycles. The van der Waals surface area contributed by atoms with E-state index in [1.807, 2.05) is 18.2 Å². The number of non-ortho nitro benzene ring substituents is 1. The van der Waals surface area contributed by atoms with E-state index in [2.05, 4.69) is 15.6 Å². The average molecular weight is 516 g/mol. The lowest BCUT2D eigenvalue weighted by Crippen LogP contribution is -2.36. The van der Waals surface area contributed by atoms with Crippen LogP contribution in [0.4, 0.5) is 5.69 Å². The molecule has 0 aromatic heterocycles. The van der Waals surface area contributed by atoms with Gasteiger partial charge < -0.3 is 24.8 Å². The van der Waals surface area contributed by atoms with Crippen LogP contribution in [0.15, 0.2) is 41.4 Å². The van der Waals surface area contributed by atoms with Gasteiger partial charge >= 0.3 is 0 Å². The number of nitrogens with one attached hydrogen (secondary N) is 2. The maximum absolute atomic E-state index is 10.9. The van der Waals surface area contributed by atoms with Crippen molar-refractivity contribution in [1.29, 1.82) is 0 Å². The fourth-order valence-corrected chi connectivity index (χ4v) is 2.61. The maximum Gasteiger partial charge on any atom is 0.269 e. The van der Waals surface area contributed by atoms with Gasteiger partial charge in [-0.15, -0.1) is 24.0 Å². The molecule has 0 radical (unpaired) electrons. The number of benzene rings is 2. The predicted molar refractivity (Wildman–Crippen MR) is 122 cm³/mol. The molecule has 158 valence electrons. The number of hydrogen-bond donors (Lipinski definition) is 2. The molecule has 0 heterocycles. The van der Waals surface area contributed by atoms with E-state index in [4.69, 9.17) is 14.2 Å². The lowest BCUT2D eigenvalue weighted by Gasteiger charge is -2.16. The highest BCUT2D eigenvalue weighted by Gasteiger charge is 2.13.